The van der Waals surface area contributed by atoms with Gasteiger partial charge in [0.1, 0.15) is 0 Å². The molecule has 4 N–H and O–H groups in total. The van der Waals surface area contributed by atoms with Crippen LogP contribution in [0.25, 0.3) is 0 Å². The first-order chi connectivity index (χ1) is 16.9. The van der Waals surface area contributed by atoms with Gasteiger partial charge in [0.2, 0.25) is 5.95 Å². The molecule has 0 bridgehead atoms. The Morgan fingerprint density at radius 3 is 2.66 bits per heavy atom. The third-order valence-corrected chi connectivity index (χ3v) is 7.11. The zero-order valence-corrected chi connectivity index (χ0v) is 21.8. The number of anilines is 2. The number of carbonyl (C=O) groups excluding carboxylic acids is 2. The lowest BCUT2D eigenvalue weighted by atomic mass is 10.1. The predicted molar refractivity (Wildman–Crippen MR) is 143 cm³/mol. The van der Waals surface area contributed by atoms with Crippen LogP contribution in [0.3, 0.4) is 0 Å². The van der Waals surface area contributed by atoms with Crippen LogP contribution in [0.1, 0.15) is 39.3 Å². The van der Waals surface area contributed by atoms with Gasteiger partial charge in [-0.05, 0) is 36.6 Å². The maximum atomic E-state index is 13.4. The van der Waals surface area contributed by atoms with Gasteiger partial charge >= 0.3 is 0 Å². The highest BCUT2D eigenvalue weighted by atomic mass is 79.9. The zero-order valence-electron chi connectivity index (χ0n) is 19.4. The summed E-state index contributed by atoms with van der Waals surface area (Å²) in [4.78, 5) is 33.0. The van der Waals surface area contributed by atoms with Crippen molar-refractivity contribution in [2.75, 3.05) is 36.9 Å². The second kappa shape index (κ2) is 11.2. The molecule has 3 aromatic rings. The van der Waals surface area contributed by atoms with Gasteiger partial charge in [-0.1, -0.05) is 57.9 Å². The van der Waals surface area contributed by atoms with Crippen molar-refractivity contribution in [2.24, 2.45) is 5.73 Å². The Morgan fingerprint density at radius 2 is 1.94 bits per heavy atom. The Balaban J connectivity index is 1.67. The summed E-state index contributed by atoms with van der Waals surface area (Å²) in [6.45, 7) is 1.69. The van der Waals surface area contributed by atoms with Crippen molar-refractivity contribution in [2.45, 2.75) is 25.4 Å². The first-order valence-electron chi connectivity index (χ1n) is 11.5. The average Bonchev–Trinajstić information content (AvgIpc) is 3.22. The van der Waals surface area contributed by atoms with Crippen molar-refractivity contribution >= 4 is 51.0 Å². The predicted octanol–water partition coefficient (Wildman–Crippen LogP) is 3.93. The lowest BCUT2D eigenvalue weighted by molar-refractivity contribution is 0.0899. The van der Waals surface area contributed by atoms with E-state index in [1.165, 1.54) is 0 Å². The van der Waals surface area contributed by atoms with Crippen LogP contribution in [0.2, 0.25) is 5.02 Å². The molecule has 0 radical (unpaired) electrons. The Labute approximate surface area is 218 Å². The fraction of sp³-hybridized carbons (Fsp3) is 0.320. The molecule has 0 aliphatic carbocycles. The number of nitrogens with one attached hydrogen (secondary N) is 2. The molecule has 1 atom stereocenters. The minimum atomic E-state index is -0.401. The maximum absolute atomic E-state index is 13.4. The summed E-state index contributed by atoms with van der Waals surface area (Å²) in [6.07, 6.45) is 1.91. The standard InChI is InChI=1S/C25H28BrClN6O2/c1-29-23-22(24(35)30-13-21(34)18-9-3-5-11-20(18)27)33(14-16-7-2-4-10-19(16)26)25(31-23)32-12-6-8-17(28)15-32/h2-5,7,9-11,17,29H,6,8,12-15,28H2,1H3,(H,30,35). The Bertz CT molecular complexity index is 1230. The van der Waals surface area contributed by atoms with Crippen LogP contribution in [0, 0.1) is 0 Å². The average molecular weight is 560 g/mol. The molecule has 1 aromatic heterocycles. The van der Waals surface area contributed by atoms with Gasteiger partial charge in [-0.15, -0.1) is 0 Å². The number of Topliss-reactive ketones (excluding diaryl/α,β-unsaturated/α-hetero) is 1. The van der Waals surface area contributed by atoms with E-state index in [0.29, 0.717) is 41.1 Å². The van der Waals surface area contributed by atoms with Gasteiger partial charge in [-0.2, -0.15) is 4.98 Å². The smallest absolute Gasteiger partial charge is 0.272 e. The number of halogens is 2. The molecule has 4 rings (SSSR count). The number of benzene rings is 2. The highest BCUT2D eigenvalue weighted by molar-refractivity contribution is 9.10. The summed E-state index contributed by atoms with van der Waals surface area (Å²) in [6, 6.07) is 14.7. The molecule has 8 nitrogen and oxygen atoms in total. The molecular formula is C25H28BrClN6O2. The molecule has 35 heavy (non-hydrogen) atoms. The van der Waals surface area contributed by atoms with Crippen LogP contribution in [0.15, 0.2) is 53.0 Å². The van der Waals surface area contributed by atoms with Gasteiger partial charge in [0.05, 0.1) is 18.1 Å². The third-order valence-electron chi connectivity index (χ3n) is 6.01. The van der Waals surface area contributed by atoms with Crippen molar-refractivity contribution < 1.29 is 9.59 Å². The molecule has 184 valence electrons. The summed E-state index contributed by atoms with van der Waals surface area (Å²) in [5.41, 5.74) is 7.96. The van der Waals surface area contributed by atoms with E-state index in [4.69, 9.17) is 22.3 Å². The van der Waals surface area contributed by atoms with E-state index in [1.54, 1.807) is 31.3 Å². The molecule has 1 aliphatic heterocycles. The van der Waals surface area contributed by atoms with Crippen LogP contribution in [0.4, 0.5) is 11.8 Å². The van der Waals surface area contributed by atoms with E-state index in [1.807, 2.05) is 28.8 Å². The van der Waals surface area contributed by atoms with Gasteiger partial charge in [0.15, 0.2) is 17.3 Å². The van der Waals surface area contributed by atoms with E-state index in [9.17, 15) is 9.59 Å². The molecule has 0 saturated carbocycles. The van der Waals surface area contributed by atoms with E-state index >= 15 is 0 Å². The topological polar surface area (TPSA) is 105 Å². The van der Waals surface area contributed by atoms with Crippen molar-refractivity contribution in [3.8, 4) is 0 Å². The van der Waals surface area contributed by atoms with Gasteiger partial charge in [-0.25, -0.2) is 0 Å². The molecule has 1 amide bonds. The number of ketones is 1. The summed E-state index contributed by atoms with van der Waals surface area (Å²) >= 11 is 9.76. The number of nitrogens with two attached hydrogens (primary N) is 1. The van der Waals surface area contributed by atoms with Gasteiger partial charge in [0.25, 0.3) is 5.91 Å². The second-order valence-electron chi connectivity index (χ2n) is 8.47. The normalized spacial score (nSPS) is 15.7. The number of aromatic nitrogens is 2. The Morgan fingerprint density at radius 1 is 1.20 bits per heavy atom. The molecule has 0 spiro atoms. The summed E-state index contributed by atoms with van der Waals surface area (Å²) < 4.78 is 2.82. The number of imidazole rings is 1. The van der Waals surface area contributed by atoms with Crippen molar-refractivity contribution in [3.63, 3.8) is 0 Å². The van der Waals surface area contributed by atoms with E-state index in [-0.39, 0.29) is 18.4 Å². The van der Waals surface area contributed by atoms with Crippen molar-refractivity contribution in [1.29, 1.82) is 0 Å². The molecule has 2 aromatic carbocycles. The number of hydrogen-bond acceptors (Lipinski definition) is 6. The SMILES string of the molecule is CNc1nc(N2CCCC(N)C2)n(Cc2ccccc2Br)c1C(=O)NCC(=O)c1ccccc1Cl. The Hall–Kier alpha value is -2.88. The number of piperidine rings is 1. The van der Waals surface area contributed by atoms with Crippen molar-refractivity contribution in [1.82, 2.24) is 14.9 Å². The van der Waals surface area contributed by atoms with Gasteiger partial charge < -0.3 is 21.3 Å². The molecule has 1 aliphatic rings. The molecule has 1 unspecified atom stereocenters. The quantitative estimate of drug-likeness (QED) is 0.361. The van der Waals surface area contributed by atoms with Gasteiger partial charge in [-0.3, -0.25) is 14.2 Å². The monoisotopic (exact) mass is 558 g/mol. The zero-order chi connectivity index (χ0) is 24.9. The van der Waals surface area contributed by atoms with E-state index < -0.39 is 5.91 Å². The minimum absolute atomic E-state index is 0.0425. The van der Waals surface area contributed by atoms with E-state index in [0.717, 1.165) is 29.4 Å². The maximum Gasteiger partial charge on any atom is 0.272 e. The molecule has 1 saturated heterocycles. The lowest BCUT2D eigenvalue weighted by Gasteiger charge is -2.32. The first-order valence-corrected chi connectivity index (χ1v) is 12.6. The number of nitrogens with zero attached hydrogens (tertiary/aromatic N) is 3. The summed E-state index contributed by atoms with van der Waals surface area (Å²) in [5, 5.41) is 6.16. The summed E-state index contributed by atoms with van der Waals surface area (Å²) in [5.74, 6) is 0.438. The van der Waals surface area contributed by atoms with Gasteiger partial charge in [0, 0.05) is 36.2 Å². The summed E-state index contributed by atoms with van der Waals surface area (Å²) in [7, 11) is 1.72. The molecule has 1 fully saturated rings. The third kappa shape index (κ3) is 5.69. The highest BCUT2D eigenvalue weighted by Gasteiger charge is 2.28. The highest BCUT2D eigenvalue weighted by Crippen LogP contribution is 2.29. The Kier molecular flexibility index (Phi) is 8.10. The van der Waals surface area contributed by atoms with Crippen LogP contribution in [-0.4, -0.2) is 54.0 Å². The lowest BCUT2D eigenvalue weighted by Crippen LogP contribution is -2.44. The fourth-order valence-electron chi connectivity index (χ4n) is 4.25. The first kappa shape index (κ1) is 25.2. The fourth-order valence-corrected chi connectivity index (χ4v) is 4.90. The largest absolute Gasteiger partial charge is 0.371 e. The number of amides is 1. The van der Waals surface area contributed by atoms with Crippen LogP contribution < -0.4 is 21.3 Å². The van der Waals surface area contributed by atoms with Crippen LogP contribution in [-0.2, 0) is 6.54 Å². The molecule has 10 heteroatoms. The molecular weight excluding hydrogens is 532 g/mol. The number of rotatable bonds is 8. The van der Waals surface area contributed by atoms with Crippen molar-refractivity contribution in [3.05, 3.63) is 74.8 Å². The minimum Gasteiger partial charge on any atom is -0.371 e. The number of carbonyl (C=O) groups is 2. The number of hydrogen-bond donors (Lipinski definition) is 3. The van der Waals surface area contributed by atoms with Crippen LogP contribution >= 0.6 is 27.5 Å². The van der Waals surface area contributed by atoms with Crippen LogP contribution in [0.5, 0.6) is 0 Å². The van der Waals surface area contributed by atoms with E-state index in [2.05, 4.69) is 31.5 Å². The molecule has 2 heterocycles. The second-order valence-corrected chi connectivity index (χ2v) is 9.73.